The van der Waals surface area contributed by atoms with Crippen LogP contribution in [0.3, 0.4) is 0 Å². The van der Waals surface area contributed by atoms with Crippen molar-refractivity contribution in [1.82, 2.24) is 29.5 Å². The van der Waals surface area contributed by atoms with Crippen molar-refractivity contribution in [3.05, 3.63) is 24.2 Å². The standard InChI is InChI=1S/C20H25F3N6O3S/c1-19(2,3)32-18(31)28-7-5-27(6-8-28)16(30)12-29-11-13(10-24-29)14-9-15(20(21,22)23)26-17(25-14)33-4/h9-11H,5-8,12H2,1-4H3. The van der Waals surface area contributed by atoms with Crippen molar-refractivity contribution in [2.24, 2.45) is 0 Å². The van der Waals surface area contributed by atoms with Gasteiger partial charge < -0.3 is 14.5 Å². The van der Waals surface area contributed by atoms with Crippen molar-refractivity contribution in [2.45, 2.75) is 44.2 Å². The molecule has 1 aliphatic heterocycles. The Morgan fingerprint density at radius 1 is 1.09 bits per heavy atom. The summed E-state index contributed by atoms with van der Waals surface area (Å²) in [5.74, 6) is -0.211. The topological polar surface area (TPSA) is 93.5 Å². The summed E-state index contributed by atoms with van der Waals surface area (Å²) >= 11 is 1.00. The number of nitrogens with zero attached hydrogens (tertiary/aromatic N) is 6. The maximum absolute atomic E-state index is 13.1. The normalized spacial score (nSPS) is 15.0. The third kappa shape index (κ3) is 6.59. The number of halogens is 3. The van der Waals surface area contributed by atoms with Gasteiger partial charge in [-0.15, -0.1) is 0 Å². The van der Waals surface area contributed by atoms with Gasteiger partial charge in [-0.3, -0.25) is 9.48 Å². The molecule has 33 heavy (non-hydrogen) atoms. The van der Waals surface area contributed by atoms with Crippen LogP contribution in [-0.4, -0.2) is 79.6 Å². The van der Waals surface area contributed by atoms with E-state index >= 15 is 0 Å². The number of carbonyl (C=O) groups excluding carboxylic acids is 2. The quantitative estimate of drug-likeness (QED) is 0.484. The van der Waals surface area contributed by atoms with Gasteiger partial charge >= 0.3 is 12.3 Å². The molecule has 180 valence electrons. The maximum atomic E-state index is 13.1. The number of hydrogen-bond donors (Lipinski definition) is 0. The lowest BCUT2D eigenvalue weighted by atomic mass is 10.2. The van der Waals surface area contributed by atoms with Crippen molar-refractivity contribution in [3.63, 3.8) is 0 Å². The molecule has 1 saturated heterocycles. The summed E-state index contributed by atoms with van der Waals surface area (Å²) in [6, 6.07) is 0.860. The molecule has 1 fully saturated rings. The van der Waals surface area contributed by atoms with Crippen LogP contribution >= 0.6 is 11.8 Å². The Kier molecular flexibility index (Phi) is 7.20. The van der Waals surface area contributed by atoms with Crippen LogP contribution in [0.5, 0.6) is 0 Å². The zero-order valence-electron chi connectivity index (χ0n) is 18.7. The Labute approximate surface area is 193 Å². The summed E-state index contributed by atoms with van der Waals surface area (Å²) < 4.78 is 46.1. The first-order valence-electron chi connectivity index (χ1n) is 10.1. The predicted octanol–water partition coefficient (Wildman–Crippen LogP) is 3.16. The lowest BCUT2D eigenvalue weighted by molar-refractivity contribution is -0.141. The average Bonchev–Trinajstić information content (AvgIpc) is 3.20. The van der Waals surface area contributed by atoms with E-state index in [0.29, 0.717) is 31.7 Å². The molecule has 0 unspecified atom stereocenters. The van der Waals surface area contributed by atoms with Crippen molar-refractivity contribution in [3.8, 4) is 11.3 Å². The minimum Gasteiger partial charge on any atom is -0.444 e. The molecule has 0 aliphatic carbocycles. The summed E-state index contributed by atoms with van der Waals surface area (Å²) in [6.45, 7) is 6.68. The van der Waals surface area contributed by atoms with Gasteiger partial charge in [0.1, 0.15) is 17.8 Å². The molecule has 0 atom stereocenters. The number of thioether (sulfide) groups is 1. The van der Waals surface area contributed by atoms with Crippen molar-refractivity contribution >= 4 is 23.8 Å². The number of ether oxygens (including phenoxy) is 1. The van der Waals surface area contributed by atoms with E-state index < -0.39 is 23.6 Å². The zero-order chi connectivity index (χ0) is 24.4. The van der Waals surface area contributed by atoms with Crippen molar-refractivity contribution < 1.29 is 27.5 Å². The summed E-state index contributed by atoms with van der Waals surface area (Å²) in [7, 11) is 0. The summed E-state index contributed by atoms with van der Waals surface area (Å²) in [5.41, 5.74) is -1.21. The molecule has 9 nitrogen and oxygen atoms in total. The fourth-order valence-corrected chi connectivity index (χ4v) is 3.47. The van der Waals surface area contributed by atoms with Gasteiger partial charge in [-0.2, -0.15) is 18.3 Å². The Morgan fingerprint density at radius 3 is 2.30 bits per heavy atom. The van der Waals surface area contributed by atoms with E-state index in [1.807, 2.05) is 0 Å². The lowest BCUT2D eigenvalue weighted by Crippen LogP contribution is -2.52. The number of piperazine rings is 1. The number of aromatic nitrogens is 4. The molecule has 1 aliphatic rings. The molecule has 0 saturated carbocycles. The second kappa shape index (κ2) is 9.57. The van der Waals surface area contributed by atoms with Gasteiger partial charge in [0.05, 0.1) is 11.9 Å². The molecule has 3 heterocycles. The fourth-order valence-electron chi connectivity index (χ4n) is 3.10. The SMILES string of the molecule is CSc1nc(-c2cnn(CC(=O)N3CCN(C(=O)OC(C)(C)C)CC3)c2)cc(C(F)(F)F)n1. The van der Waals surface area contributed by atoms with Gasteiger partial charge in [0.2, 0.25) is 5.91 Å². The third-order valence-electron chi connectivity index (χ3n) is 4.69. The van der Waals surface area contributed by atoms with Crippen molar-refractivity contribution in [1.29, 1.82) is 0 Å². The highest BCUT2D eigenvalue weighted by atomic mass is 32.2. The summed E-state index contributed by atoms with van der Waals surface area (Å²) in [6.07, 6.45) is -0.597. The molecule has 2 aromatic heterocycles. The number of carbonyl (C=O) groups is 2. The molecule has 0 N–H and O–H groups in total. The van der Waals surface area contributed by atoms with Gasteiger partial charge in [-0.1, -0.05) is 11.8 Å². The molecule has 3 rings (SSSR count). The zero-order valence-corrected chi connectivity index (χ0v) is 19.5. The second-order valence-corrected chi connectivity index (χ2v) is 9.17. The fraction of sp³-hybridized carbons (Fsp3) is 0.550. The lowest BCUT2D eigenvalue weighted by Gasteiger charge is -2.35. The molecule has 0 aromatic carbocycles. The molecule has 13 heteroatoms. The van der Waals surface area contributed by atoms with Crippen LogP contribution in [-0.2, 0) is 22.3 Å². The van der Waals surface area contributed by atoms with Gasteiger partial charge in [-0.05, 0) is 33.1 Å². The van der Waals surface area contributed by atoms with Crippen LogP contribution in [0, 0.1) is 0 Å². The number of alkyl halides is 3. The van der Waals surface area contributed by atoms with Gasteiger partial charge in [-0.25, -0.2) is 14.8 Å². The predicted molar refractivity (Wildman–Crippen MR) is 114 cm³/mol. The Bertz CT molecular complexity index is 1010. The van der Waals surface area contributed by atoms with E-state index in [1.165, 1.54) is 17.1 Å². The highest BCUT2D eigenvalue weighted by Crippen LogP contribution is 2.31. The van der Waals surface area contributed by atoms with Crippen LogP contribution in [0.25, 0.3) is 11.3 Å². The number of hydrogen-bond acceptors (Lipinski definition) is 7. The first kappa shape index (κ1) is 24.8. The summed E-state index contributed by atoms with van der Waals surface area (Å²) in [4.78, 5) is 35.6. The Hall–Kier alpha value is -2.83. The monoisotopic (exact) mass is 486 g/mol. The van der Waals surface area contributed by atoms with Crippen molar-refractivity contribution in [2.75, 3.05) is 32.4 Å². The Balaban J connectivity index is 1.63. The number of rotatable bonds is 4. The minimum atomic E-state index is -4.60. The molecule has 0 radical (unpaired) electrons. The largest absolute Gasteiger partial charge is 0.444 e. The molecule has 2 aromatic rings. The van der Waals surface area contributed by atoms with E-state index in [2.05, 4.69) is 15.1 Å². The van der Waals surface area contributed by atoms with E-state index in [1.54, 1.807) is 36.8 Å². The molecule has 2 amide bonds. The smallest absolute Gasteiger partial charge is 0.433 e. The highest BCUT2D eigenvalue weighted by Gasteiger charge is 2.34. The highest BCUT2D eigenvalue weighted by molar-refractivity contribution is 7.98. The first-order chi connectivity index (χ1) is 15.4. The summed E-state index contributed by atoms with van der Waals surface area (Å²) in [5, 5.41) is 4.09. The van der Waals surface area contributed by atoms with Gasteiger partial charge in [0, 0.05) is 37.9 Å². The molecule has 0 spiro atoms. The third-order valence-corrected chi connectivity index (χ3v) is 5.24. The molecular weight excluding hydrogens is 461 g/mol. The average molecular weight is 487 g/mol. The van der Waals surface area contributed by atoms with E-state index in [0.717, 1.165) is 17.8 Å². The van der Waals surface area contributed by atoms with Crippen LogP contribution in [0.1, 0.15) is 26.5 Å². The second-order valence-electron chi connectivity index (χ2n) is 8.40. The van der Waals surface area contributed by atoms with E-state index in [9.17, 15) is 22.8 Å². The van der Waals surface area contributed by atoms with Crippen LogP contribution in [0.15, 0.2) is 23.6 Å². The number of amides is 2. The molecular formula is C20H25F3N6O3S. The molecule has 0 bridgehead atoms. The maximum Gasteiger partial charge on any atom is 0.433 e. The van der Waals surface area contributed by atoms with E-state index in [-0.39, 0.29) is 23.3 Å². The first-order valence-corrected chi connectivity index (χ1v) is 11.4. The van der Waals surface area contributed by atoms with Gasteiger partial charge in [0.25, 0.3) is 0 Å². The Morgan fingerprint density at radius 2 is 1.73 bits per heavy atom. The van der Waals surface area contributed by atoms with Crippen LogP contribution < -0.4 is 0 Å². The van der Waals surface area contributed by atoms with Crippen LogP contribution in [0.2, 0.25) is 0 Å². The van der Waals surface area contributed by atoms with E-state index in [4.69, 9.17) is 4.74 Å². The van der Waals surface area contributed by atoms with Crippen LogP contribution in [0.4, 0.5) is 18.0 Å². The minimum absolute atomic E-state index is 0.00786. The van der Waals surface area contributed by atoms with Gasteiger partial charge in [0.15, 0.2) is 5.16 Å².